The van der Waals surface area contributed by atoms with Crippen molar-refractivity contribution in [2.45, 2.75) is 19.1 Å². The second kappa shape index (κ2) is 10.6. The Hall–Kier alpha value is -4.49. The molecule has 1 atom stereocenters. The predicted octanol–water partition coefficient (Wildman–Crippen LogP) is 5.34. The lowest BCUT2D eigenvalue weighted by Crippen LogP contribution is -2.61. The van der Waals surface area contributed by atoms with Gasteiger partial charge in [-0.15, -0.1) is 0 Å². The van der Waals surface area contributed by atoms with Crippen LogP contribution in [0.5, 0.6) is 11.5 Å². The van der Waals surface area contributed by atoms with E-state index in [0.29, 0.717) is 23.9 Å². The van der Waals surface area contributed by atoms with Crippen molar-refractivity contribution in [3.63, 3.8) is 0 Å². The Morgan fingerprint density at radius 3 is 2.48 bits per heavy atom. The number of benzene rings is 3. The molecule has 7 nitrogen and oxygen atoms in total. The van der Waals surface area contributed by atoms with Crippen LogP contribution < -0.4 is 19.9 Å². The molecular weight excluding hydrogens is 526 g/mol. The summed E-state index contributed by atoms with van der Waals surface area (Å²) in [5, 5.41) is 2.63. The number of rotatable bonds is 4. The molecule has 6 rings (SSSR count). The van der Waals surface area contributed by atoms with Gasteiger partial charge in [-0.3, -0.25) is 19.3 Å². The van der Waals surface area contributed by atoms with Crippen molar-refractivity contribution in [2.75, 3.05) is 24.8 Å². The molecule has 0 saturated carbocycles. The van der Waals surface area contributed by atoms with Crippen LogP contribution in [-0.4, -0.2) is 35.3 Å². The second-order valence-corrected chi connectivity index (χ2v) is 10.3. The number of ether oxygens (including phenoxy) is 2. The third-order valence-electron chi connectivity index (χ3n) is 7.46. The Morgan fingerprint density at radius 2 is 1.70 bits per heavy atom. The van der Waals surface area contributed by atoms with Crippen LogP contribution in [-0.2, 0) is 12.1 Å². The molecule has 202 valence electrons. The smallest absolute Gasteiger partial charge is 0.278 e. The molecule has 0 spiro atoms. The maximum atomic E-state index is 14.0. The van der Waals surface area contributed by atoms with Crippen molar-refractivity contribution in [1.82, 2.24) is 9.58 Å². The van der Waals surface area contributed by atoms with E-state index in [1.54, 1.807) is 15.8 Å². The number of pyridine rings is 1. The Bertz CT molecular complexity index is 1640. The molecule has 4 aromatic rings. The van der Waals surface area contributed by atoms with Gasteiger partial charge in [0.15, 0.2) is 11.4 Å². The summed E-state index contributed by atoms with van der Waals surface area (Å²) >= 11 is 6.42. The summed E-state index contributed by atoms with van der Waals surface area (Å²) < 4.78 is 14.1. The number of carbonyl (C=O) groups is 1. The van der Waals surface area contributed by atoms with E-state index in [1.807, 2.05) is 91.0 Å². The molecule has 1 amide bonds. The van der Waals surface area contributed by atoms with Crippen molar-refractivity contribution in [2.24, 2.45) is 0 Å². The summed E-state index contributed by atoms with van der Waals surface area (Å²) in [6, 6.07) is 26.7. The van der Waals surface area contributed by atoms with Gasteiger partial charge in [0.1, 0.15) is 31.2 Å². The topological polar surface area (TPSA) is 64.0 Å². The van der Waals surface area contributed by atoms with E-state index in [2.05, 4.69) is 11.9 Å². The molecule has 1 aromatic heterocycles. The molecule has 2 aliphatic rings. The van der Waals surface area contributed by atoms with Crippen LogP contribution in [0.25, 0.3) is 0 Å². The molecule has 0 radical (unpaired) electrons. The summed E-state index contributed by atoms with van der Waals surface area (Å²) in [7, 11) is 0. The molecule has 0 unspecified atom stereocenters. The van der Waals surface area contributed by atoms with Crippen LogP contribution >= 0.6 is 11.6 Å². The largest absolute Gasteiger partial charge is 0.489 e. The molecule has 0 fully saturated rings. The highest BCUT2D eigenvalue weighted by Gasteiger charge is 2.44. The quantitative estimate of drug-likeness (QED) is 0.319. The first-order chi connectivity index (χ1) is 19.5. The minimum atomic E-state index is -0.842. The fourth-order valence-electron chi connectivity index (χ4n) is 5.35. The van der Waals surface area contributed by atoms with Gasteiger partial charge in [-0.2, -0.15) is 0 Å². The SMILES string of the molecule is C[C@@]1(c2ccccc2)c2ccc(Cl)cc2OC/C=C\CN2CN1n1ccc(=O)c(OCc3ccccc3)c1C2=O. The summed E-state index contributed by atoms with van der Waals surface area (Å²) in [6.07, 6.45) is 5.43. The third-order valence-corrected chi connectivity index (χ3v) is 7.70. The molecule has 0 N–H and O–H groups in total. The number of hydrogen-bond acceptors (Lipinski definition) is 5. The molecule has 2 bridgehead atoms. The van der Waals surface area contributed by atoms with E-state index < -0.39 is 5.54 Å². The van der Waals surface area contributed by atoms with Gasteiger partial charge in [0.05, 0.1) is 0 Å². The molecule has 3 heterocycles. The average molecular weight is 554 g/mol. The Labute approximate surface area is 237 Å². The monoisotopic (exact) mass is 553 g/mol. The van der Waals surface area contributed by atoms with E-state index >= 15 is 0 Å². The number of fused-ring (bicyclic) bond motifs is 5. The summed E-state index contributed by atoms with van der Waals surface area (Å²) in [4.78, 5) is 28.9. The molecule has 2 aliphatic heterocycles. The highest BCUT2D eigenvalue weighted by Crippen LogP contribution is 2.42. The maximum absolute atomic E-state index is 14.0. The van der Waals surface area contributed by atoms with E-state index in [-0.39, 0.29) is 36.1 Å². The lowest BCUT2D eigenvalue weighted by atomic mass is 9.83. The van der Waals surface area contributed by atoms with Gasteiger partial charge in [0.2, 0.25) is 5.43 Å². The van der Waals surface area contributed by atoms with Crippen LogP contribution in [0.1, 0.15) is 34.1 Å². The first kappa shape index (κ1) is 25.8. The first-order valence-electron chi connectivity index (χ1n) is 13.1. The van der Waals surface area contributed by atoms with Gasteiger partial charge in [-0.1, -0.05) is 84.4 Å². The van der Waals surface area contributed by atoms with Crippen molar-refractivity contribution in [1.29, 1.82) is 0 Å². The Kier molecular flexibility index (Phi) is 6.82. The van der Waals surface area contributed by atoms with E-state index in [4.69, 9.17) is 21.1 Å². The molecule has 3 aromatic carbocycles. The zero-order chi connectivity index (χ0) is 27.7. The number of aromatic nitrogens is 1. The maximum Gasteiger partial charge on any atom is 0.278 e. The molecule has 0 aliphatic carbocycles. The van der Waals surface area contributed by atoms with Gasteiger partial charge in [-0.25, -0.2) is 0 Å². The number of halogens is 1. The van der Waals surface area contributed by atoms with Crippen LogP contribution in [0.4, 0.5) is 0 Å². The molecular formula is C32H28ClN3O4. The van der Waals surface area contributed by atoms with Crippen molar-refractivity contribution in [3.8, 4) is 11.5 Å². The third kappa shape index (κ3) is 4.52. The lowest BCUT2D eigenvalue weighted by molar-refractivity contribution is 0.0682. The van der Waals surface area contributed by atoms with Gasteiger partial charge in [0.25, 0.3) is 5.91 Å². The number of carbonyl (C=O) groups excluding carboxylic acids is 1. The molecule has 40 heavy (non-hydrogen) atoms. The van der Waals surface area contributed by atoms with Crippen LogP contribution in [0.2, 0.25) is 5.02 Å². The number of amides is 1. The standard InChI is InChI=1S/C32H28ClN3O4/c1-32(24-12-6-3-7-13-24)26-15-14-25(33)20-28(26)39-19-9-8-17-34-22-36(32)35-18-16-27(37)30(29(35)31(34)38)40-21-23-10-4-2-5-11-23/h2-16,18,20H,17,19,21-22H2,1H3/b9-8-/t32-/m1/s1. The Morgan fingerprint density at radius 1 is 0.950 bits per heavy atom. The normalized spacial score (nSPS) is 19.1. The summed E-state index contributed by atoms with van der Waals surface area (Å²) in [5.41, 5.74) is 1.72. The number of nitrogens with zero attached hydrogens (tertiary/aromatic N) is 3. The highest BCUT2D eigenvalue weighted by atomic mass is 35.5. The predicted molar refractivity (Wildman–Crippen MR) is 155 cm³/mol. The zero-order valence-electron chi connectivity index (χ0n) is 22.0. The minimum absolute atomic E-state index is 0.0212. The van der Waals surface area contributed by atoms with Crippen LogP contribution in [0, 0.1) is 0 Å². The minimum Gasteiger partial charge on any atom is -0.489 e. The average Bonchev–Trinajstić information content (AvgIpc) is 3.00. The summed E-state index contributed by atoms with van der Waals surface area (Å²) in [5.74, 6) is 0.374. The fourth-order valence-corrected chi connectivity index (χ4v) is 5.51. The van der Waals surface area contributed by atoms with Gasteiger partial charge in [0, 0.05) is 29.4 Å². The van der Waals surface area contributed by atoms with E-state index in [0.717, 1.165) is 16.7 Å². The van der Waals surface area contributed by atoms with Gasteiger partial charge < -0.3 is 14.4 Å². The van der Waals surface area contributed by atoms with Crippen molar-refractivity contribution < 1.29 is 14.3 Å². The Balaban J connectivity index is 1.59. The van der Waals surface area contributed by atoms with Crippen LogP contribution in [0.3, 0.4) is 0 Å². The van der Waals surface area contributed by atoms with Gasteiger partial charge >= 0.3 is 0 Å². The van der Waals surface area contributed by atoms with Gasteiger partial charge in [-0.05, 0) is 36.3 Å². The number of hydrogen-bond donors (Lipinski definition) is 0. The van der Waals surface area contributed by atoms with E-state index in [1.165, 1.54) is 6.07 Å². The first-order valence-corrected chi connectivity index (χ1v) is 13.5. The highest BCUT2D eigenvalue weighted by molar-refractivity contribution is 6.30. The van der Waals surface area contributed by atoms with E-state index in [9.17, 15) is 9.59 Å². The van der Waals surface area contributed by atoms with Crippen molar-refractivity contribution in [3.05, 3.63) is 141 Å². The fraction of sp³-hybridized carbons (Fsp3) is 0.188. The molecule has 0 saturated heterocycles. The summed E-state index contributed by atoms with van der Waals surface area (Å²) in [6.45, 7) is 3.15. The zero-order valence-corrected chi connectivity index (χ0v) is 22.8. The molecule has 8 heteroatoms. The lowest BCUT2D eigenvalue weighted by Gasteiger charge is -2.49. The second-order valence-electron chi connectivity index (χ2n) is 9.91. The van der Waals surface area contributed by atoms with Crippen LogP contribution in [0.15, 0.2) is 108 Å². The van der Waals surface area contributed by atoms with Crippen molar-refractivity contribution >= 4 is 17.5 Å².